The molecule has 0 aliphatic rings. The van der Waals surface area contributed by atoms with Crippen molar-refractivity contribution < 1.29 is 25.8 Å². The van der Waals surface area contributed by atoms with Crippen molar-refractivity contribution >= 4 is 23.0 Å². The molecule has 0 radical (unpaired) electrons. The number of benzene rings is 4. The molecule has 51 heavy (non-hydrogen) atoms. The van der Waals surface area contributed by atoms with Crippen molar-refractivity contribution in [3.63, 3.8) is 0 Å². The number of amidine groups is 2. The van der Waals surface area contributed by atoms with Crippen LogP contribution in [0.1, 0.15) is 139 Å². The van der Waals surface area contributed by atoms with Gasteiger partial charge < -0.3 is 35.5 Å². The number of hydrogen-bond acceptors (Lipinski definition) is 2. The fraction of sp³-hybridized carbons (Fsp3) is 0.391. The Balaban J connectivity index is 0.000000926. The van der Waals surface area contributed by atoms with Crippen LogP contribution in [-0.4, -0.2) is 24.8 Å². The zero-order valence-electron chi connectivity index (χ0n) is 33.7. The Morgan fingerprint density at radius 2 is 0.725 bits per heavy atom. The minimum absolute atomic E-state index is 0. The first kappa shape index (κ1) is 47.7. The maximum atomic E-state index is 5.06. The van der Waals surface area contributed by atoms with Crippen LogP contribution in [0, 0.1) is 14.9 Å². The molecule has 4 nitrogen and oxygen atoms in total. The van der Waals surface area contributed by atoms with Crippen LogP contribution < -0.4 is 0 Å². The number of para-hydroxylation sites is 2. The zero-order valence-corrected chi connectivity index (χ0v) is 37.3. The number of aliphatic imine (C=N–C) groups is 2. The van der Waals surface area contributed by atoms with Crippen LogP contribution in [0.2, 0.25) is 0 Å². The molecule has 4 aromatic carbocycles. The van der Waals surface area contributed by atoms with Gasteiger partial charge in [-0.1, -0.05) is 204 Å². The fourth-order valence-corrected chi connectivity index (χ4v) is 5.49. The van der Waals surface area contributed by atoms with Crippen molar-refractivity contribution in [2.24, 2.45) is 9.98 Å². The first-order chi connectivity index (χ1) is 23.1. The summed E-state index contributed by atoms with van der Waals surface area (Å²) in [6.45, 7) is 23.7. The van der Waals surface area contributed by atoms with Crippen molar-refractivity contribution in [3.8, 4) is 0 Å². The maximum absolute atomic E-state index is 5.06. The molecule has 0 unspecified atom stereocenters. The van der Waals surface area contributed by atoms with E-state index in [1.165, 1.54) is 22.3 Å². The molecule has 0 bridgehead atoms. The van der Waals surface area contributed by atoms with Gasteiger partial charge in [-0.15, -0.1) is 0 Å². The van der Waals surface area contributed by atoms with E-state index >= 15 is 0 Å². The zero-order chi connectivity index (χ0) is 35.1. The minimum Gasteiger partial charge on any atom is -0.465 e. The largest absolute Gasteiger partial charge is 4.00 e. The summed E-state index contributed by atoms with van der Waals surface area (Å²) in [6, 6.07) is 33.7. The van der Waals surface area contributed by atoms with Gasteiger partial charge in [0.25, 0.3) is 0 Å². The second-order valence-electron chi connectivity index (χ2n) is 13.6. The molecule has 0 heterocycles. The second-order valence-corrected chi connectivity index (χ2v) is 13.6. The average Bonchev–Trinajstić information content (AvgIpc) is 3.09. The maximum Gasteiger partial charge on any atom is 4.00 e. The van der Waals surface area contributed by atoms with Gasteiger partial charge >= 0.3 is 25.8 Å². The Bertz CT molecular complexity index is 1420. The van der Waals surface area contributed by atoms with Gasteiger partial charge in [-0.25, -0.2) is 0 Å². The van der Waals surface area contributed by atoms with Gasteiger partial charge in [0, 0.05) is 0 Å². The topological polar surface area (TPSA) is 52.9 Å². The molecule has 0 aromatic heterocycles. The van der Waals surface area contributed by atoms with Crippen LogP contribution in [0.25, 0.3) is 10.6 Å². The number of rotatable bonds is 12. The van der Waals surface area contributed by atoms with Gasteiger partial charge in [0.15, 0.2) is 0 Å². The van der Waals surface area contributed by atoms with E-state index in [0.717, 1.165) is 60.1 Å². The molecule has 272 valence electrons. The molecule has 0 amide bonds. The van der Waals surface area contributed by atoms with Gasteiger partial charge in [0.1, 0.15) is 0 Å². The molecule has 0 aliphatic carbocycles. The van der Waals surface area contributed by atoms with E-state index in [0.29, 0.717) is 23.7 Å². The molecule has 4 rings (SSSR count). The SMILES string of the molecule is CCC[N-]C(=Nc1c(C(C)C)cccc1C(C)C)c1ccccc1.CCC[N-]C(=Nc1c(C(C)C)cccc1C(C)C)c1ccccc1.[CH3-].[CH3-].[Hf+4]. The van der Waals surface area contributed by atoms with Gasteiger partial charge in [0.05, 0.1) is 0 Å². The van der Waals surface area contributed by atoms with Gasteiger partial charge in [0.2, 0.25) is 0 Å². The van der Waals surface area contributed by atoms with E-state index in [2.05, 4.69) is 130 Å². The molecule has 5 heteroatoms. The van der Waals surface area contributed by atoms with E-state index < -0.39 is 0 Å². The molecule has 0 N–H and O–H groups in total. The van der Waals surface area contributed by atoms with E-state index in [9.17, 15) is 0 Å². The third-order valence-corrected chi connectivity index (χ3v) is 8.15. The van der Waals surface area contributed by atoms with Crippen molar-refractivity contribution in [3.05, 3.63) is 156 Å². The van der Waals surface area contributed by atoms with Crippen LogP contribution in [0.4, 0.5) is 11.4 Å². The average molecular weight is 852 g/mol. The minimum atomic E-state index is 0. The molecule has 0 spiro atoms. The first-order valence-electron chi connectivity index (χ1n) is 18.0. The molecule has 4 aromatic rings. The van der Waals surface area contributed by atoms with Gasteiger partial charge in [-0.3, -0.25) is 0 Å². The smallest absolute Gasteiger partial charge is 0.465 e. The molecule has 0 fully saturated rings. The van der Waals surface area contributed by atoms with Crippen LogP contribution in [0.5, 0.6) is 0 Å². The Morgan fingerprint density at radius 1 is 0.451 bits per heavy atom. The summed E-state index contributed by atoms with van der Waals surface area (Å²) in [6.07, 6.45) is 2.05. The standard InChI is InChI=1S/2C22H29N2.2CH3.Hf/c2*1-6-15-23-22(18-11-8-7-9-12-18)24-21-19(16(2)3)13-10-14-20(21)17(4)5;;;/h2*7-14,16-17H,6,15H2,1-5H3;2*1H3;/q4*-1;+4. The predicted molar refractivity (Wildman–Crippen MR) is 224 cm³/mol. The van der Waals surface area contributed by atoms with E-state index in [1.54, 1.807) is 0 Å². The molecular weight excluding hydrogens is 787 g/mol. The fourth-order valence-electron chi connectivity index (χ4n) is 5.49. The normalized spacial score (nSPS) is 11.3. The Morgan fingerprint density at radius 3 is 0.961 bits per heavy atom. The van der Waals surface area contributed by atoms with Gasteiger partial charge in [-0.05, 0) is 68.4 Å². The number of hydrogen-bond donors (Lipinski definition) is 0. The second kappa shape index (κ2) is 24.8. The Labute approximate surface area is 331 Å². The van der Waals surface area contributed by atoms with Crippen LogP contribution >= 0.6 is 0 Å². The molecule has 0 atom stereocenters. The summed E-state index contributed by atoms with van der Waals surface area (Å²) < 4.78 is 0. The quantitative estimate of drug-likeness (QED) is 0.0590. The summed E-state index contributed by atoms with van der Waals surface area (Å²) in [5.74, 6) is 3.42. The van der Waals surface area contributed by atoms with Crippen molar-refractivity contribution in [1.82, 2.24) is 0 Å². The summed E-state index contributed by atoms with van der Waals surface area (Å²) in [7, 11) is 0. The van der Waals surface area contributed by atoms with Crippen LogP contribution in [-0.2, 0) is 25.8 Å². The monoisotopic (exact) mass is 852 g/mol. The summed E-state index contributed by atoms with van der Waals surface area (Å²) >= 11 is 0. The van der Waals surface area contributed by atoms with E-state index in [-0.39, 0.29) is 40.7 Å². The van der Waals surface area contributed by atoms with E-state index in [1.807, 2.05) is 36.4 Å². The van der Waals surface area contributed by atoms with Crippen LogP contribution in [0.3, 0.4) is 0 Å². The van der Waals surface area contributed by atoms with Crippen molar-refractivity contribution in [1.29, 1.82) is 0 Å². The molecular formula is C46H64HfN4. The van der Waals surface area contributed by atoms with Gasteiger partial charge in [-0.2, -0.15) is 0 Å². The summed E-state index contributed by atoms with van der Waals surface area (Å²) in [5.41, 5.74) is 9.53. The van der Waals surface area contributed by atoms with E-state index in [4.69, 9.17) is 20.6 Å². The predicted octanol–water partition coefficient (Wildman–Crippen LogP) is 14.5. The Hall–Kier alpha value is -3.31. The van der Waals surface area contributed by atoms with Crippen LogP contribution in [0.15, 0.2) is 107 Å². The third kappa shape index (κ3) is 14.3. The number of nitrogens with zero attached hydrogens (tertiary/aromatic N) is 4. The van der Waals surface area contributed by atoms with Crippen molar-refractivity contribution in [2.75, 3.05) is 13.1 Å². The Kier molecular flexibility index (Phi) is 23.2. The molecule has 0 saturated heterocycles. The summed E-state index contributed by atoms with van der Waals surface area (Å²) in [4.78, 5) is 10.1. The molecule has 0 aliphatic heterocycles. The molecule has 0 saturated carbocycles. The van der Waals surface area contributed by atoms with Crippen molar-refractivity contribution in [2.45, 2.75) is 106 Å². The third-order valence-electron chi connectivity index (χ3n) is 8.15. The first-order valence-corrected chi connectivity index (χ1v) is 18.0. The summed E-state index contributed by atoms with van der Waals surface area (Å²) in [5, 5.41) is 9.52.